The van der Waals surface area contributed by atoms with Crippen LogP contribution in [0.15, 0.2) is 53.7 Å². The van der Waals surface area contributed by atoms with Crippen molar-refractivity contribution in [3.05, 3.63) is 65.2 Å². The van der Waals surface area contributed by atoms with Gasteiger partial charge in [0.1, 0.15) is 23.6 Å². The molecule has 4 heterocycles. The highest BCUT2D eigenvalue weighted by atomic mass is 16.1. The summed E-state index contributed by atoms with van der Waals surface area (Å²) in [6.45, 7) is 1.68. The first-order valence-corrected chi connectivity index (χ1v) is 9.07. The van der Waals surface area contributed by atoms with Crippen LogP contribution in [0.2, 0.25) is 0 Å². The molecule has 5 rings (SSSR count). The predicted molar refractivity (Wildman–Crippen MR) is 102 cm³/mol. The molecule has 0 amide bonds. The molecule has 0 saturated carbocycles. The van der Waals surface area contributed by atoms with Crippen molar-refractivity contribution in [3.63, 3.8) is 0 Å². The van der Waals surface area contributed by atoms with E-state index in [9.17, 15) is 4.79 Å². The summed E-state index contributed by atoms with van der Waals surface area (Å²) in [5.41, 5.74) is 1.46. The summed E-state index contributed by atoms with van der Waals surface area (Å²) < 4.78 is 1.68. The van der Waals surface area contributed by atoms with E-state index in [1.54, 1.807) is 10.9 Å². The number of aromatic nitrogens is 6. The lowest BCUT2D eigenvalue weighted by Gasteiger charge is -2.33. The van der Waals surface area contributed by atoms with Crippen molar-refractivity contribution >= 4 is 16.9 Å². The van der Waals surface area contributed by atoms with Crippen molar-refractivity contribution in [2.75, 3.05) is 18.0 Å². The van der Waals surface area contributed by atoms with E-state index in [1.807, 2.05) is 42.6 Å². The zero-order valence-electron chi connectivity index (χ0n) is 14.7. The number of hydrogen-bond donors (Lipinski definition) is 2. The van der Waals surface area contributed by atoms with Gasteiger partial charge in [0.2, 0.25) is 0 Å². The highest BCUT2D eigenvalue weighted by Gasteiger charge is 2.28. The van der Waals surface area contributed by atoms with Gasteiger partial charge in [0, 0.05) is 25.2 Å². The van der Waals surface area contributed by atoms with Gasteiger partial charge in [-0.3, -0.25) is 0 Å². The highest BCUT2D eigenvalue weighted by Crippen LogP contribution is 2.31. The van der Waals surface area contributed by atoms with Crippen LogP contribution in [-0.2, 0) is 0 Å². The number of para-hydroxylation sites is 1. The van der Waals surface area contributed by atoms with Gasteiger partial charge >= 0.3 is 5.69 Å². The number of fused-ring (bicyclic) bond motifs is 1. The quantitative estimate of drug-likeness (QED) is 0.583. The van der Waals surface area contributed by atoms with Crippen molar-refractivity contribution in [3.8, 4) is 5.69 Å². The average molecular weight is 361 g/mol. The number of piperidine rings is 1. The molecule has 0 spiro atoms. The Morgan fingerprint density at radius 2 is 2.00 bits per heavy atom. The van der Waals surface area contributed by atoms with Crippen LogP contribution in [0.5, 0.6) is 0 Å². The molecule has 27 heavy (non-hydrogen) atoms. The maximum absolute atomic E-state index is 12.4. The minimum atomic E-state index is -0.205. The minimum Gasteiger partial charge on any atom is -0.355 e. The molecule has 1 fully saturated rings. The maximum atomic E-state index is 12.4. The normalized spacial score (nSPS) is 17.5. The van der Waals surface area contributed by atoms with Gasteiger partial charge < -0.3 is 9.88 Å². The summed E-state index contributed by atoms with van der Waals surface area (Å²) in [7, 11) is 0. The molecule has 1 aliphatic rings. The topological polar surface area (TPSA) is 95.5 Å². The summed E-state index contributed by atoms with van der Waals surface area (Å²) in [6.07, 6.45) is 5.46. The molecule has 3 aromatic heterocycles. The molecule has 1 saturated heterocycles. The Bertz CT molecular complexity index is 1130. The zero-order chi connectivity index (χ0) is 18.2. The molecule has 2 N–H and O–H groups in total. The molecule has 8 nitrogen and oxygen atoms in total. The van der Waals surface area contributed by atoms with Crippen LogP contribution < -0.4 is 10.6 Å². The van der Waals surface area contributed by atoms with Crippen LogP contribution in [0, 0.1) is 0 Å². The smallest absolute Gasteiger partial charge is 0.347 e. The lowest BCUT2D eigenvalue weighted by molar-refractivity contribution is 0.483. The van der Waals surface area contributed by atoms with Crippen molar-refractivity contribution in [2.24, 2.45) is 0 Å². The molecule has 0 aliphatic carbocycles. The average Bonchev–Trinajstić information content (AvgIpc) is 3.35. The zero-order valence-corrected chi connectivity index (χ0v) is 14.7. The van der Waals surface area contributed by atoms with E-state index in [2.05, 4.69) is 30.0 Å². The number of nitrogens with one attached hydrogen (secondary N) is 2. The second kappa shape index (κ2) is 6.39. The van der Waals surface area contributed by atoms with E-state index < -0.39 is 0 Å². The molecule has 4 aromatic rings. The highest BCUT2D eigenvalue weighted by molar-refractivity contribution is 5.87. The first-order chi connectivity index (χ1) is 13.3. The monoisotopic (exact) mass is 361 g/mol. The molecule has 1 atom stereocenters. The standard InChI is InChI=1S/C19H19N7O/c27-19-24-23-17(26(19)14-6-2-1-3-7-14)13-5-4-10-25(11-13)18-15-8-9-20-16(15)21-12-22-18/h1-3,6-9,12-13H,4-5,10-11H2,(H,24,27)(H,20,21,22). The largest absolute Gasteiger partial charge is 0.355 e. The van der Waals surface area contributed by atoms with Crippen molar-refractivity contribution < 1.29 is 0 Å². The number of nitrogens with zero attached hydrogens (tertiary/aromatic N) is 5. The van der Waals surface area contributed by atoms with Crippen LogP contribution >= 0.6 is 0 Å². The molecular weight excluding hydrogens is 342 g/mol. The summed E-state index contributed by atoms with van der Waals surface area (Å²) in [4.78, 5) is 26.6. The molecular formula is C19H19N7O. The van der Waals surface area contributed by atoms with Gasteiger partial charge in [0.25, 0.3) is 0 Å². The third kappa shape index (κ3) is 2.69. The Labute approximate surface area is 154 Å². The van der Waals surface area contributed by atoms with Crippen molar-refractivity contribution in [2.45, 2.75) is 18.8 Å². The van der Waals surface area contributed by atoms with Crippen LogP contribution in [-0.4, -0.2) is 42.8 Å². The van der Waals surface area contributed by atoms with Gasteiger partial charge in [0.15, 0.2) is 0 Å². The Morgan fingerprint density at radius 1 is 1.11 bits per heavy atom. The van der Waals surface area contributed by atoms with E-state index in [4.69, 9.17) is 0 Å². The first kappa shape index (κ1) is 15.8. The third-order valence-corrected chi connectivity index (χ3v) is 5.13. The number of rotatable bonds is 3. The van der Waals surface area contributed by atoms with E-state index >= 15 is 0 Å². The van der Waals surface area contributed by atoms with Gasteiger partial charge in [-0.15, -0.1) is 0 Å². The van der Waals surface area contributed by atoms with Gasteiger partial charge in [0.05, 0.1) is 11.1 Å². The van der Waals surface area contributed by atoms with E-state index in [-0.39, 0.29) is 11.6 Å². The van der Waals surface area contributed by atoms with Gasteiger partial charge in [-0.1, -0.05) is 18.2 Å². The molecule has 8 heteroatoms. The number of H-pyrrole nitrogens is 2. The van der Waals surface area contributed by atoms with Crippen LogP contribution in [0.3, 0.4) is 0 Å². The van der Waals surface area contributed by atoms with E-state index in [0.29, 0.717) is 0 Å². The Kier molecular flexibility index (Phi) is 3.74. The molecule has 1 aromatic carbocycles. The van der Waals surface area contributed by atoms with Gasteiger partial charge in [-0.2, -0.15) is 5.10 Å². The maximum Gasteiger partial charge on any atom is 0.347 e. The van der Waals surface area contributed by atoms with Crippen LogP contribution in [0.4, 0.5) is 5.82 Å². The summed E-state index contributed by atoms with van der Waals surface area (Å²) in [6, 6.07) is 11.6. The first-order valence-electron chi connectivity index (χ1n) is 9.07. The van der Waals surface area contributed by atoms with Gasteiger partial charge in [-0.05, 0) is 31.0 Å². The number of hydrogen-bond acceptors (Lipinski definition) is 5. The van der Waals surface area contributed by atoms with Crippen molar-refractivity contribution in [1.82, 2.24) is 29.7 Å². The lowest BCUT2D eigenvalue weighted by Crippen LogP contribution is -2.36. The SMILES string of the molecule is O=c1[nH]nc(C2CCCN(c3ncnc4[nH]ccc34)C2)n1-c1ccccc1. The van der Waals surface area contributed by atoms with E-state index in [0.717, 1.165) is 54.3 Å². The fourth-order valence-electron chi connectivity index (χ4n) is 3.90. The Morgan fingerprint density at radius 3 is 2.89 bits per heavy atom. The number of benzene rings is 1. The second-order valence-electron chi connectivity index (χ2n) is 6.78. The van der Waals surface area contributed by atoms with Crippen LogP contribution in [0.25, 0.3) is 16.7 Å². The molecule has 136 valence electrons. The minimum absolute atomic E-state index is 0.141. The molecule has 1 aliphatic heterocycles. The Balaban J connectivity index is 1.51. The third-order valence-electron chi connectivity index (χ3n) is 5.13. The summed E-state index contributed by atoms with van der Waals surface area (Å²) >= 11 is 0. The molecule has 0 bridgehead atoms. The molecule has 1 unspecified atom stereocenters. The second-order valence-corrected chi connectivity index (χ2v) is 6.78. The Hall–Kier alpha value is -3.42. The fraction of sp³-hybridized carbons (Fsp3) is 0.263. The van der Waals surface area contributed by atoms with Gasteiger partial charge in [-0.25, -0.2) is 24.4 Å². The molecule has 0 radical (unpaired) electrons. The predicted octanol–water partition coefficient (Wildman–Crippen LogP) is 2.22. The number of anilines is 1. The van der Waals surface area contributed by atoms with Crippen LogP contribution in [0.1, 0.15) is 24.6 Å². The summed E-state index contributed by atoms with van der Waals surface area (Å²) in [5, 5.41) is 7.99. The van der Waals surface area contributed by atoms with E-state index in [1.165, 1.54) is 0 Å². The number of aromatic amines is 2. The summed E-state index contributed by atoms with van der Waals surface area (Å²) in [5.74, 6) is 1.84. The lowest BCUT2D eigenvalue weighted by atomic mass is 9.96. The fourth-order valence-corrected chi connectivity index (χ4v) is 3.90. The van der Waals surface area contributed by atoms with Crippen molar-refractivity contribution in [1.29, 1.82) is 0 Å².